The first-order chi connectivity index (χ1) is 9.90. The molecule has 0 amide bonds. The lowest BCUT2D eigenvalue weighted by Crippen LogP contribution is -2.49. The highest BCUT2D eigenvalue weighted by molar-refractivity contribution is 7.89. The molecule has 0 heterocycles. The maximum Gasteiger partial charge on any atom is 0.241 e. The lowest BCUT2D eigenvalue weighted by Gasteiger charge is -2.29. The molecule has 1 aromatic rings. The molecule has 0 bridgehead atoms. The van der Waals surface area contributed by atoms with Crippen LogP contribution < -0.4 is 10.5 Å². The van der Waals surface area contributed by atoms with Crippen molar-refractivity contribution in [1.82, 2.24) is 4.72 Å². The van der Waals surface area contributed by atoms with Crippen LogP contribution in [0.1, 0.15) is 32.1 Å². The van der Waals surface area contributed by atoms with E-state index in [0.29, 0.717) is 0 Å². The zero-order valence-corrected chi connectivity index (χ0v) is 12.5. The topological polar surface area (TPSA) is 96.0 Å². The minimum absolute atomic E-state index is 0.0223. The second-order valence-electron chi connectivity index (χ2n) is 5.41. The van der Waals surface area contributed by atoms with Gasteiger partial charge in [0.25, 0.3) is 0 Å². The molecule has 1 unspecified atom stereocenters. The van der Waals surface area contributed by atoms with Gasteiger partial charge in [-0.2, -0.15) is 0 Å². The molecule has 1 aromatic carbocycles. The van der Waals surface area contributed by atoms with Crippen LogP contribution in [0, 0.1) is 17.1 Å². The predicted octanol–water partition coefficient (Wildman–Crippen LogP) is 1.99. The van der Waals surface area contributed by atoms with Crippen LogP contribution in [0.15, 0.2) is 29.2 Å². The third kappa shape index (κ3) is 4.01. The minimum atomic E-state index is -3.81. The number of sulfonamides is 1. The average Bonchev–Trinajstić information content (AvgIpc) is 2.46. The van der Waals surface area contributed by atoms with Crippen LogP contribution in [0.3, 0.4) is 0 Å². The van der Waals surface area contributed by atoms with Crippen molar-refractivity contribution < 1.29 is 12.8 Å². The fourth-order valence-electron chi connectivity index (χ4n) is 2.73. The molecule has 0 saturated heterocycles. The van der Waals surface area contributed by atoms with Crippen molar-refractivity contribution >= 4 is 15.9 Å². The van der Waals surface area contributed by atoms with E-state index >= 15 is 0 Å². The third-order valence-corrected chi connectivity index (χ3v) is 5.32. The summed E-state index contributed by atoms with van der Waals surface area (Å²) in [6.45, 7) is 0. The maximum absolute atomic E-state index is 12.9. The molecule has 0 radical (unpaired) electrons. The van der Waals surface area contributed by atoms with Crippen molar-refractivity contribution in [3.05, 3.63) is 30.1 Å². The van der Waals surface area contributed by atoms with Crippen LogP contribution in [0.4, 0.5) is 4.39 Å². The van der Waals surface area contributed by atoms with Crippen molar-refractivity contribution in [3.8, 4) is 0 Å². The van der Waals surface area contributed by atoms with E-state index in [4.69, 9.17) is 11.1 Å². The monoisotopic (exact) mass is 313 g/mol. The van der Waals surface area contributed by atoms with Gasteiger partial charge in [-0.3, -0.25) is 5.41 Å². The molecule has 0 spiro atoms. The fraction of sp³-hybridized carbons (Fsp3) is 0.500. The first kappa shape index (κ1) is 15.9. The van der Waals surface area contributed by atoms with E-state index in [-0.39, 0.29) is 16.6 Å². The first-order valence-electron chi connectivity index (χ1n) is 7.02. The summed E-state index contributed by atoms with van der Waals surface area (Å²) >= 11 is 0. The molecule has 2 rings (SSSR count). The molecule has 7 heteroatoms. The van der Waals surface area contributed by atoms with E-state index < -0.39 is 21.9 Å². The number of hydrogen-bond acceptors (Lipinski definition) is 3. The van der Waals surface area contributed by atoms with Gasteiger partial charge < -0.3 is 5.73 Å². The lowest BCUT2D eigenvalue weighted by molar-refractivity contribution is 0.328. The summed E-state index contributed by atoms with van der Waals surface area (Å²) in [6, 6.07) is 3.90. The highest BCUT2D eigenvalue weighted by Crippen LogP contribution is 2.27. The third-order valence-electron chi connectivity index (χ3n) is 3.86. The minimum Gasteiger partial charge on any atom is -0.386 e. The van der Waals surface area contributed by atoms with E-state index in [1.54, 1.807) is 0 Å². The van der Waals surface area contributed by atoms with Crippen molar-refractivity contribution in [2.45, 2.75) is 43.0 Å². The Morgan fingerprint density at radius 2 is 1.81 bits per heavy atom. The van der Waals surface area contributed by atoms with E-state index in [9.17, 15) is 12.8 Å². The largest absolute Gasteiger partial charge is 0.386 e. The number of hydrogen-bond donors (Lipinski definition) is 3. The quantitative estimate of drug-likeness (QED) is 0.573. The molecular weight excluding hydrogens is 293 g/mol. The molecule has 5 nitrogen and oxygen atoms in total. The second kappa shape index (κ2) is 6.53. The Bertz CT molecular complexity index is 595. The van der Waals surface area contributed by atoms with Crippen LogP contribution >= 0.6 is 0 Å². The Labute approximate surface area is 124 Å². The molecule has 1 aliphatic carbocycles. The van der Waals surface area contributed by atoms with Gasteiger partial charge in [-0.25, -0.2) is 17.5 Å². The van der Waals surface area contributed by atoms with E-state index in [2.05, 4.69) is 4.72 Å². The molecule has 1 fully saturated rings. The molecule has 1 aliphatic rings. The van der Waals surface area contributed by atoms with Crippen LogP contribution in [-0.4, -0.2) is 20.3 Å². The smallest absolute Gasteiger partial charge is 0.241 e. The Balaban J connectivity index is 2.18. The summed E-state index contributed by atoms with van der Waals surface area (Å²) in [7, 11) is -3.81. The van der Waals surface area contributed by atoms with Crippen LogP contribution in [0.2, 0.25) is 0 Å². The standard InChI is InChI=1S/C14H20FN3O2S/c15-11-6-8-12(9-7-11)21(19,20)18-13(14(16)17)10-4-2-1-3-5-10/h6-10,13,18H,1-5H2,(H3,16,17). The average molecular weight is 313 g/mol. The molecular formula is C14H20FN3O2S. The highest BCUT2D eigenvalue weighted by atomic mass is 32.2. The maximum atomic E-state index is 12.9. The predicted molar refractivity (Wildman–Crippen MR) is 79.0 cm³/mol. The van der Waals surface area contributed by atoms with Gasteiger partial charge in [0.1, 0.15) is 11.7 Å². The molecule has 116 valence electrons. The normalized spacial score (nSPS) is 18.3. The van der Waals surface area contributed by atoms with Crippen molar-refractivity contribution in [2.75, 3.05) is 0 Å². The number of amidine groups is 1. The van der Waals surface area contributed by atoms with Gasteiger partial charge in [-0.05, 0) is 43.0 Å². The summed E-state index contributed by atoms with van der Waals surface area (Å²) in [6.07, 6.45) is 4.89. The number of halogens is 1. The van der Waals surface area contributed by atoms with Crippen molar-refractivity contribution in [3.63, 3.8) is 0 Å². The van der Waals surface area contributed by atoms with E-state index in [0.717, 1.165) is 44.2 Å². The molecule has 0 aliphatic heterocycles. The van der Waals surface area contributed by atoms with Gasteiger partial charge in [-0.1, -0.05) is 19.3 Å². The molecule has 0 aromatic heterocycles. The number of rotatable bonds is 5. The Morgan fingerprint density at radius 3 is 2.33 bits per heavy atom. The SMILES string of the molecule is N=C(N)C(NS(=O)(=O)c1ccc(F)cc1)C1CCCCC1. The Hall–Kier alpha value is -1.47. The van der Waals surface area contributed by atoms with E-state index in [1.165, 1.54) is 12.1 Å². The summed E-state index contributed by atoms with van der Waals surface area (Å²) in [4.78, 5) is -0.0223. The molecule has 1 atom stereocenters. The first-order valence-corrected chi connectivity index (χ1v) is 8.50. The number of nitrogens with one attached hydrogen (secondary N) is 2. The van der Waals surface area contributed by atoms with Crippen molar-refractivity contribution in [1.29, 1.82) is 5.41 Å². The zero-order valence-electron chi connectivity index (χ0n) is 11.7. The van der Waals surface area contributed by atoms with Gasteiger partial charge >= 0.3 is 0 Å². The van der Waals surface area contributed by atoms with Gasteiger partial charge in [-0.15, -0.1) is 0 Å². The molecule has 21 heavy (non-hydrogen) atoms. The van der Waals surface area contributed by atoms with Gasteiger partial charge in [0, 0.05) is 0 Å². The highest BCUT2D eigenvalue weighted by Gasteiger charge is 2.30. The van der Waals surface area contributed by atoms with Gasteiger partial charge in [0.2, 0.25) is 10.0 Å². The van der Waals surface area contributed by atoms with E-state index in [1.807, 2.05) is 0 Å². The van der Waals surface area contributed by atoms with Crippen LogP contribution in [-0.2, 0) is 10.0 Å². The molecule has 1 saturated carbocycles. The fourth-order valence-corrected chi connectivity index (χ4v) is 4.01. The second-order valence-corrected chi connectivity index (χ2v) is 7.12. The van der Waals surface area contributed by atoms with Crippen LogP contribution in [0.5, 0.6) is 0 Å². The lowest BCUT2D eigenvalue weighted by atomic mass is 9.84. The summed E-state index contributed by atoms with van der Waals surface area (Å²) in [5.41, 5.74) is 5.57. The van der Waals surface area contributed by atoms with Gasteiger partial charge in [0.05, 0.1) is 10.9 Å². The summed E-state index contributed by atoms with van der Waals surface area (Å²) in [5.74, 6) is -0.622. The number of benzene rings is 1. The Morgan fingerprint density at radius 1 is 1.24 bits per heavy atom. The Kier molecular flexibility index (Phi) is 4.95. The summed E-state index contributed by atoms with van der Waals surface area (Å²) in [5, 5.41) is 7.66. The molecule has 4 N–H and O–H groups in total. The zero-order chi connectivity index (χ0) is 15.5. The summed E-state index contributed by atoms with van der Waals surface area (Å²) < 4.78 is 40.0. The van der Waals surface area contributed by atoms with Gasteiger partial charge in [0.15, 0.2) is 0 Å². The van der Waals surface area contributed by atoms with Crippen molar-refractivity contribution in [2.24, 2.45) is 11.7 Å². The van der Waals surface area contributed by atoms with Crippen LogP contribution in [0.25, 0.3) is 0 Å². The number of nitrogens with two attached hydrogens (primary N) is 1.